The van der Waals surface area contributed by atoms with E-state index >= 15 is 0 Å². The van der Waals surface area contributed by atoms with Crippen molar-refractivity contribution >= 4 is 12.0 Å². The molecule has 0 bridgehead atoms. The number of primary amides is 1. The third kappa shape index (κ3) is 1.34. The predicted octanol–water partition coefficient (Wildman–Crippen LogP) is -0.492. The summed E-state index contributed by atoms with van der Waals surface area (Å²) in [7, 11) is 0. The van der Waals surface area contributed by atoms with Gasteiger partial charge in [-0.2, -0.15) is 0 Å². The molecule has 6 nitrogen and oxygen atoms in total. The molecule has 6 heteroatoms. The molecule has 0 atom stereocenters. The average molecular weight is 155 g/mol. The molecular formula is C5H5N3O3. The predicted molar refractivity (Wildman–Crippen MR) is 34.2 cm³/mol. The van der Waals surface area contributed by atoms with Gasteiger partial charge in [0.1, 0.15) is 6.33 Å². The molecular weight excluding hydrogens is 150 g/mol. The molecule has 1 aromatic heterocycles. The van der Waals surface area contributed by atoms with Gasteiger partial charge in [-0.15, -0.1) is 0 Å². The van der Waals surface area contributed by atoms with Crippen molar-refractivity contribution in [1.29, 1.82) is 0 Å². The molecule has 1 heterocycles. The van der Waals surface area contributed by atoms with Gasteiger partial charge in [0.15, 0.2) is 5.69 Å². The molecule has 0 aliphatic rings. The van der Waals surface area contributed by atoms with Crippen molar-refractivity contribution in [2.24, 2.45) is 5.73 Å². The van der Waals surface area contributed by atoms with E-state index in [1.807, 2.05) is 0 Å². The van der Waals surface area contributed by atoms with Gasteiger partial charge in [0, 0.05) is 6.20 Å². The zero-order chi connectivity index (χ0) is 8.43. The first kappa shape index (κ1) is 7.26. The Balaban J connectivity index is 2.99. The van der Waals surface area contributed by atoms with E-state index in [4.69, 9.17) is 10.8 Å². The van der Waals surface area contributed by atoms with Crippen molar-refractivity contribution in [2.45, 2.75) is 0 Å². The van der Waals surface area contributed by atoms with Crippen LogP contribution in [0.15, 0.2) is 12.5 Å². The van der Waals surface area contributed by atoms with Gasteiger partial charge in [-0.1, -0.05) is 0 Å². The molecule has 1 rings (SSSR count). The molecule has 1 amide bonds. The number of carboxylic acids is 1. The van der Waals surface area contributed by atoms with Crippen molar-refractivity contribution in [2.75, 3.05) is 0 Å². The Morgan fingerprint density at radius 2 is 2.27 bits per heavy atom. The van der Waals surface area contributed by atoms with E-state index in [1.165, 1.54) is 0 Å². The minimum absolute atomic E-state index is 0.205. The molecule has 3 N–H and O–H groups in total. The monoisotopic (exact) mass is 155 g/mol. The second kappa shape index (κ2) is 2.41. The largest absolute Gasteiger partial charge is 0.476 e. The fourth-order valence-electron chi connectivity index (χ4n) is 0.554. The highest BCUT2D eigenvalue weighted by atomic mass is 16.4. The third-order valence-corrected chi connectivity index (χ3v) is 1.06. The van der Waals surface area contributed by atoms with Crippen molar-refractivity contribution in [1.82, 2.24) is 9.55 Å². The van der Waals surface area contributed by atoms with Crippen molar-refractivity contribution in [3.63, 3.8) is 0 Å². The van der Waals surface area contributed by atoms with Crippen molar-refractivity contribution in [3.05, 3.63) is 18.2 Å². The van der Waals surface area contributed by atoms with Gasteiger partial charge in [-0.05, 0) is 0 Å². The minimum Gasteiger partial charge on any atom is -0.476 e. The van der Waals surface area contributed by atoms with Crippen molar-refractivity contribution < 1.29 is 14.7 Å². The van der Waals surface area contributed by atoms with Gasteiger partial charge in [0.25, 0.3) is 0 Å². The molecule has 0 aromatic carbocycles. The van der Waals surface area contributed by atoms with Crippen LogP contribution in [0.25, 0.3) is 0 Å². The number of carbonyl (C=O) groups is 2. The summed E-state index contributed by atoms with van der Waals surface area (Å²) < 4.78 is 0.892. The summed E-state index contributed by atoms with van der Waals surface area (Å²) >= 11 is 0. The second-order valence-corrected chi connectivity index (χ2v) is 1.81. The van der Waals surface area contributed by atoms with E-state index < -0.39 is 12.0 Å². The van der Waals surface area contributed by atoms with Crippen LogP contribution in [0, 0.1) is 0 Å². The van der Waals surface area contributed by atoms with Crippen LogP contribution in [0.1, 0.15) is 10.5 Å². The highest BCUT2D eigenvalue weighted by molar-refractivity contribution is 5.86. The molecule has 0 radical (unpaired) electrons. The highest BCUT2D eigenvalue weighted by Crippen LogP contribution is 1.93. The zero-order valence-electron chi connectivity index (χ0n) is 5.39. The van der Waals surface area contributed by atoms with Gasteiger partial charge in [0.2, 0.25) is 0 Å². The maximum Gasteiger partial charge on any atom is 0.356 e. The van der Waals surface area contributed by atoms with E-state index in [0.29, 0.717) is 0 Å². The number of aromatic nitrogens is 2. The van der Waals surface area contributed by atoms with Gasteiger partial charge >= 0.3 is 12.0 Å². The maximum absolute atomic E-state index is 10.4. The fraction of sp³-hybridized carbons (Fsp3) is 0. The first-order valence-corrected chi connectivity index (χ1v) is 2.68. The number of nitrogens with two attached hydrogens (primary N) is 1. The topological polar surface area (TPSA) is 98.2 Å². The molecule has 58 valence electrons. The SMILES string of the molecule is NC(=O)n1cnc(C(=O)O)c1. The molecule has 0 saturated carbocycles. The number of hydrogen-bond acceptors (Lipinski definition) is 3. The lowest BCUT2D eigenvalue weighted by molar-refractivity contribution is 0.0691. The molecule has 0 aliphatic carbocycles. The first-order valence-electron chi connectivity index (χ1n) is 2.68. The Hall–Kier alpha value is -1.85. The average Bonchev–Trinajstić information content (AvgIpc) is 2.33. The van der Waals surface area contributed by atoms with Crippen LogP contribution in [-0.4, -0.2) is 26.7 Å². The summed E-state index contributed by atoms with van der Waals surface area (Å²) in [6, 6.07) is -0.759. The lowest BCUT2D eigenvalue weighted by atomic mass is 10.5. The summed E-state index contributed by atoms with van der Waals surface area (Å²) in [5.41, 5.74) is 4.61. The quantitative estimate of drug-likeness (QED) is 0.571. The Morgan fingerprint density at radius 3 is 2.55 bits per heavy atom. The summed E-state index contributed by atoms with van der Waals surface area (Å²) in [6.45, 7) is 0. The Kier molecular flexibility index (Phi) is 1.59. The van der Waals surface area contributed by atoms with Gasteiger partial charge < -0.3 is 10.8 Å². The van der Waals surface area contributed by atoms with Gasteiger partial charge in [0.05, 0.1) is 0 Å². The Labute approximate surface area is 61.3 Å². The standard InChI is InChI=1S/C5H5N3O3/c6-5(11)8-1-3(4(9)10)7-2-8/h1-2H,(H2,6,11)(H,9,10). The molecule has 0 saturated heterocycles. The molecule has 0 spiro atoms. The third-order valence-electron chi connectivity index (χ3n) is 1.06. The lowest BCUT2D eigenvalue weighted by Gasteiger charge is -1.88. The van der Waals surface area contributed by atoms with Crippen LogP contribution in [-0.2, 0) is 0 Å². The summed E-state index contributed by atoms with van der Waals surface area (Å²) in [5.74, 6) is -1.19. The van der Waals surface area contributed by atoms with E-state index in [-0.39, 0.29) is 5.69 Å². The van der Waals surface area contributed by atoms with E-state index in [1.54, 1.807) is 0 Å². The number of amides is 1. The van der Waals surface area contributed by atoms with E-state index in [9.17, 15) is 9.59 Å². The smallest absolute Gasteiger partial charge is 0.356 e. The van der Waals surface area contributed by atoms with Crippen LogP contribution < -0.4 is 5.73 Å². The number of carboxylic acid groups (broad SMARTS) is 1. The van der Waals surface area contributed by atoms with E-state index in [0.717, 1.165) is 17.1 Å². The lowest BCUT2D eigenvalue weighted by Crippen LogP contribution is -2.17. The van der Waals surface area contributed by atoms with Gasteiger partial charge in [-0.3, -0.25) is 4.57 Å². The van der Waals surface area contributed by atoms with Crippen LogP contribution >= 0.6 is 0 Å². The number of carbonyl (C=O) groups excluding carboxylic acids is 1. The van der Waals surface area contributed by atoms with Crippen LogP contribution in [0.2, 0.25) is 0 Å². The molecule has 0 unspecified atom stereocenters. The summed E-state index contributed by atoms with van der Waals surface area (Å²) in [6.07, 6.45) is 2.09. The van der Waals surface area contributed by atoms with E-state index in [2.05, 4.69) is 4.98 Å². The number of nitrogens with zero attached hydrogens (tertiary/aromatic N) is 2. The Bertz CT molecular complexity index is 275. The molecule has 0 fully saturated rings. The normalized spacial score (nSPS) is 9.45. The van der Waals surface area contributed by atoms with Crippen LogP contribution in [0.5, 0.6) is 0 Å². The first-order chi connectivity index (χ1) is 5.11. The minimum atomic E-state index is -1.19. The maximum atomic E-state index is 10.4. The molecule has 1 aromatic rings. The Morgan fingerprint density at radius 1 is 1.64 bits per heavy atom. The summed E-state index contributed by atoms with van der Waals surface area (Å²) in [4.78, 5) is 24.0. The number of imidazole rings is 1. The zero-order valence-corrected chi connectivity index (χ0v) is 5.39. The molecule has 0 aliphatic heterocycles. The number of aromatic carboxylic acids is 1. The van der Waals surface area contributed by atoms with Crippen LogP contribution in [0.4, 0.5) is 4.79 Å². The molecule has 11 heavy (non-hydrogen) atoms. The number of hydrogen-bond donors (Lipinski definition) is 2. The van der Waals surface area contributed by atoms with Gasteiger partial charge in [-0.25, -0.2) is 14.6 Å². The summed E-state index contributed by atoms with van der Waals surface area (Å²) in [5, 5.41) is 8.35. The highest BCUT2D eigenvalue weighted by Gasteiger charge is 2.07. The number of rotatable bonds is 1. The van der Waals surface area contributed by atoms with Crippen molar-refractivity contribution in [3.8, 4) is 0 Å². The van der Waals surface area contributed by atoms with Crippen LogP contribution in [0.3, 0.4) is 0 Å². The fourth-order valence-corrected chi connectivity index (χ4v) is 0.554. The second-order valence-electron chi connectivity index (χ2n) is 1.81.